The molecule has 2 heterocycles. The van der Waals surface area contributed by atoms with E-state index in [0.29, 0.717) is 0 Å². The Morgan fingerprint density at radius 1 is 1.56 bits per heavy atom. The van der Waals surface area contributed by atoms with Gasteiger partial charge in [-0.2, -0.15) is 5.26 Å². The first-order valence-corrected chi connectivity index (χ1v) is 5.24. The number of H-pyrrole nitrogens is 1. The fraction of sp³-hybridized carbons (Fsp3) is 0.500. The van der Waals surface area contributed by atoms with Crippen LogP contribution in [-0.2, 0) is 4.74 Å². The van der Waals surface area contributed by atoms with E-state index in [1.54, 1.807) is 0 Å². The molecule has 1 fully saturated rings. The Hall–Kier alpha value is -1.95. The van der Waals surface area contributed by atoms with E-state index in [-0.39, 0.29) is 0 Å². The molecule has 1 saturated heterocycles. The Balaban J connectivity index is 2.38. The summed E-state index contributed by atoms with van der Waals surface area (Å²) in [5.41, 5.74) is -1.32. The average molecular weight is 253 g/mol. The van der Waals surface area contributed by atoms with Gasteiger partial charge in [-0.15, -0.1) is 0 Å². The van der Waals surface area contributed by atoms with Crippen molar-refractivity contribution in [2.24, 2.45) is 5.92 Å². The molecule has 1 aliphatic heterocycles. The first-order chi connectivity index (χ1) is 8.58. The predicted molar refractivity (Wildman–Crippen MR) is 57.4 cm³/mol. The number of aromatic amines is 1. The zero-order valence-corrected chi connectivity index (χ0v) is 9.18. The lowest BCUT2D eigenvalue weighted by Crippen LogP contribution is -2.35. The molecule has 0 aromatic carbocycles. The molecule has 0 amide bonds. The van der Waals surface area contributed by atoms with Crippen molar-refractivity contribution in [2.45, 2.75) is 18.4 Å². The summed E-state index contributed by atoms with van der Waals surface area (Å²) < 4.78 is 6.23. The van der Waals surface area contributed by atoms with E-state index in [4.69, 9.17) is 15.1 Å². The van der Waals surface area contributed by atoms with Gasteiger partial charge in [-0.3, -0.25) is 14.3 Å². The van der Waals surface area contributed by atoms with Crippen molar-refractivity contribution in [1.82, 2.24) is 9.55 Å². The molecule has 2 rings (SSSR count). The van der Waals surface area contributed by atoms with Crippen LogP contribution in [0.15, 0.2) is 21.9 Å². The number of aromatic nitrogens is 2. The number of nitriles is 1. The van der Waals surface area contributed by atoms with E-state index in [0.717, 1.165) is 10.6 Å². The molecule has 96 valence electrons. The van der Waals surface area contributed by atoms with Crippen molar-refractivity contribution in [3.8, 4) is 6.07 Å². The summed E-state index contributed by atoms with van der Waals surface area (Å²) >= 11 is 0. The van der Waals surface area contributed by atoms with Gasteiger partial charge in [-0.1, -0.05) is 0 Å². The van der Waals surface area contributed by atoms with Gasteiger partial charge in [0.05, 0.1) is 12.7 Å². The van der Waals surface area contributed by atoms with E-state index in [2.05, 4.69) is 0 Å². The molecular weight excluding hydrogens is 242 g/mol. The van der Waals surface area contributed by atoms with Crippen LogP contribution in [0.25, 0.3) is 0 Å². The van der Waals surface area contributed by atoms with E-state index in [1.165, 1.54) is 6.20 Å². The van der Waals surface area contributed by atoms with Gasteiger partial charge in [0, 0.05) is 12.3 Å². The largest absolute Gasteiger partial charge is 0.394 e. The minimum absolute atomic E-state index is 0.441. The number of aliphatic hydroxyl groups excluding tert-OH is 2. The van der Waals surface area contributed by atoms with Crippen molar-refractivity contribution < 1.29 is 14.9 Å². The van der Waals surface area contributed by atoms with E-state index < -0.39 is 42.2 Å². The predicted octanol–water partition coefficient (Wildman–Crippen LogP) is -2.07. The number of nitrogens with zero attached hydrogens (tertiary/aromatic N) is 2. The molecule has 0 saturated carbocycles. The van der Waals surface area contributed by atoms with E-state index in [1.807, 2.05) is 11.1 Å². The lowest BCUT2D eigenvalue weighted by molar-refractivity contribution is -0.0533. The van der Waals surface area contributed by atoms with Gasteiger partial charge in [0.2, 0.25) is 0 Å². The van der Waals surface area contributed by atoms with Crippen LogP contribution in [0.1, 0.15) is 6.23 Å². The van der Waals surface area contributed by atoms with Crippen LogP contribution in [-0.4, -0.2) is 38.6 Å². The van der Waals surface area contributed by atoms with E-state index in [9.17, 15) is 14.7 Å². The molecule has 1 aliphatic rings. The summed E-state index contributed by atoms with van der Waals surface area (Å²) in [5, 5.41) is 27.8. The van der Waals surface area contributed by atoms with Gasteiger partial charge >= 0.3 is 5.69 Å². The Morgan fingerprint density at radius 2 is 2.28 bits per heavy atom. The third-order valence-corrected chi connectivity index (χ3v) is 2.83. The number of nitrogens with one attached hydrogen (secondary N) is 1. The molecule has 1 aromatic rings. The van der Waals surface area contributed by atoms with Crippen molar-refractivity contribution in [3.05, 3.63) is 33.1 Å². The zero-order valence-electron chi connectivity index (χ0n) is 9.18. The first-order valence-electron chi connectivity index (χ1n) is 5.24. The molecule has 0 radical (unpaired) electrons. The monoisotopic (exact) mass is 253 g/mol. The van der Waals surface area contributed by atoms with Gasteiger partial charge in [0.25, 0.3) is 5.56 Å². The van der Waals surface area contributed by atoms with Gasteiger partial charge in [-0.25, -0.2) is 4.79 Å². The van der Waals surface area contributed by atoms with Crippen molar-refractivity contribution >= 4 is 0 Å². The molecule has 4 atom stereocenters. The zero-order chi connectivity index (χ0) is 13.3. The summed E-state index contributed by atoms with van der Waals surface area (Å²) in [6.45, 7) is -0.441. The van der Waals surface area contributed by atoms with Crippen LogP contribution in [0.2, 0.25) is 0 Å². The Labute approximate surface area is 101 Å². The number of hydrogen-bond donors (Lipinski definition) is 3. The highest BCUT2D eigenvalue weighted by Crippen LogP contribution is 2.32. The molecule has 0 bridgehead atoms. The number of hydrogen-bond acceptors (Lipinski definition) is 6. The highest BCUT2D eigenvalue weighted by Gasteiger charge is 2.44. The Kier molecular flexibility index (Phi) is 3.29. The Morgan fingerprint density at radius 3 is 2.78 bits per heavy atom. The summed E-state index contributed by atoms with van der Waals surface area (Å²) in [5.74, 6) is -0.932. The maximum Gasteiger partial charge on any atom is 0.330 e. The second kappa shape index (κ2) is 4.73. The van der Waals surface area contributed by atoms with Crippen molar-refractivity contribution in [1.29, 1.82) is 5.26 Å². The fourth-order valence-corrected chi connectivity index (χ4v) is 1.92. The highest BCUT2D eigenvalue weighted by atomic mass is 16.5. The van der Waals surface area contributed by atoms with Crippen LogP contribution < -0.4 is 11.2 Å². The lowest BCUT2D eigenvalue weighted by Gasteiger charge is -2.16. The number of rotatable bonds is 2. The van der Waals surface area contributed by atoms with Crippen LogP contribution in [0.5, 0.6) is 0 Å². The van der Waals surface area contributed by atoms with Gasteiger partial charge in [-0.05, 0) is 0 Å². The number of aliphatic hydroxyl groups is 2. The quantitative estimate of drug-likeness (QED) is 0.555. The average Bonchev–Trinajstić information content (AvgIpc) is 2.66. The summed E-state index contributed by atoms with van der Waals surface area (Å²) in [7, 11) is 0. The second-order valence-corrected chi connectivity index (χ2v) is 3.91. The maximum atomic E-state index is 11.5. The third-order valence-electron chi connectivity index (χ3n) is 2.83. The molecule has 1 aromatic heterocycles. The smallest absolute Gasteiger partial charge is 0.330 e. The molecule has 0 aliphatic carbocycles. The molecule has 0 unspecified atom stereocenters. The Bertz CT molecular complexity index is 586. The SMILES string of the molecule is N#C[C@H]1[C@@H](O)[C@H](n2ccc(=O)[nH]c2=O)O[C@@H]1CO. The third kappa shape index (κ3) is 1.95. The summed E-state index contributed by atoms with van der Waals surface area (Å²) in [4.78, 5) is 24.5. The van der Waals surface area contributed by atoms with Crippen LogP contribution in [0.4, 0.5) is 0 Å². The van der Waals surface area contributed by atoms with Crippen LogP contribution >= 0.6 is 0 Å². The van der Waals surface area contributed by atoms with Gasteiger partial charge < -0.3 is 14.9 Å². The summed E-state index contributed by atoms with van der Waals surface area (Å²) in [6, 6.07) is 2.93. The maximum absolute atomic E-state index is 11.5. The van der Waals surface area contributed by atoms with Gasteiger partial charge in [0.15, 0.2) is 6.23 Å². The molecule has 8 nitrogen and oxygen atoms in total. The highest BCUT2D eigenvalue weighted by molar-refractivity contribution is 5.01. The minimum Gasteiger partial charge on any atom is -0.394 e. The van der Waals surface area contributed by atoms with Crippen molar-refractivity contribution in [2.75, 3.05) is 6.61 Å². The molecule has 18 heavy (non-hydrogen) atoms. The normalized spacial score (nSPS) is 31.2. The molecule has 0 spiro atoms. The molecule has 3 N–H and O–H groups in total. The topological polar surface area (TPSA) is 128 Å². The first kappa shape index (κ1) is 12.5. The van der Waals surface area contributed by atoms with Crippen LogP contribution in [0.3, 0.4) is 0 Å². The lowest BCUT2D eigenvalue weighted by atomic mass is 10.0. The molecule has 8 heteroatoms. The van der Waals surface area contributed by atoms with Crippen molar-refractivity contribution in [3.63, 3.8) is 0 Å². The fourth-order valence-electron chi connectivity index (χ4n) is 1.92. The van der Waals surface area contributed by atoms with Crippen LogP contribution in [0, 0.1) is 17.2 Å². The molecular formula is C10H11N3O5. The standard InChI is InChI=1S/C10H11N3O5/c11-3-5-6(4-14)18-9(8(5)16)13-2-1-7(15)12-10(13)17/h1-2,5-6,8-9,14,16H,4H2,(H,12,15,17)/t5-,6-,8-,9-/m1/s1. The van der Waals surface area contributed by atoms with Gasteiger partial charge in [0.1, 0.15) is 18.1 Å². The summed E-state index contributed by atoms with van der Waals surface area (Å²) in [6.07, 6.45) is -2.05. The number of ether oxygens (including phenoxy) is 1. The second-order valence-electron chi connectivity index (χ2n) is 3.91. The minimum atomic E-state index is -1.25. The van der Waals surface area contributed by atoms with E-state index >= 15 is 0 Å².